The summed E-state index contributed by atoms with van der Waals surface area (Å²) in [6, 6.07) is 4.31. The van der Waals surface area contributed by atoms with E-state index in [1.54, 1.807) is 25.3 Å². The molecule has 2 aromatic rings. The number of aromatic amines is 1. The van der Waals surface area contributed by atoms with Gasteiger partial charge < -0.3 is 15.8 Å². The summed E-state index contributed by atoms with van der Waals surface area (Å²) in [5.41, 5.74) is 6.84. The lowest BCUT2D eigenvalue weighted by atomic mass is 10.2. The van der Waals surface area contributed by atoms with E-state index in [9.17, 15) is 13.2 Å². The number of nitrogens with zero attached hydrogens (tertiary/aromatic N) is 1. The maximum atomic E-state index is 11.1. The number of aromatic nitrogens is 2. The Kier molecular flexibility index (Phi) is 4.10. The van der Waals surface area contributed by atoms with Crippen LogP contribution in [0, 0.1) is 6.92 Å². The van der Waals surface area contributed by atoms with Crippen molar-refractivity contribution in [1.29, 1.82) is 0 Å². The molecule has 4 N–H and O–H groups in total. The summed E-state index contributed by atoms with van der Waals surface area (Å²) in [4.78, 5) is 17.7. The van der Waals surface area contributed by atoms with E-state index in [2.05, 4.69) is 9.97 Å². The molecule has 4 rings (SSSR count). The van der Waals surface area contributed by atoms with Gasteiger partial charge >= 0.3 is 5.97 Å². The zero-order chi connectivity index (χ0) is 15.6. The van der Waals surface area contributed by atoms with E-state index in [-0.39, 0.29) is 6.42 Å². The number of benzene rings is 1. The molecule has 1 atom stereocenters. The Balaban J connectivity index is 0.000000154. The number of hydrogen-bond acceptors (Lipinski definition) is 5. The number of rotatable bonds is 3. The molecule has 0 aliphatic carbocycles. The van der Waals surface area contributed by atoms with Gasteiger partial charge in [-0.05, 0) is 24.6 Å². The van der Waals surface area contributed by atoms with E-state index in [0.717, 1.165) is 11.3 Å². The first kappa shape index (κ1) is 15.2. The molecule has 0 saturated heterocycles. The van der Waals surface area contributed by atoms with Crippen LogP contribution >= 0.6 is 0 Å². The second kappa shape index (κ2) is 5.66. The lowest BCUT2D eigenvalue weighted by molar-refractivity contribution is -0.138. The summed E-state index contributed by atoms with van der Waals surface area (Å²) in [7, 11) is -2.96. The SMILES string of the molecule is Cc1ccc2cc1S2(=O)=O.N[C@@H](Cc1cnc[nH]1)C(=O)O. The van der Waals surface area contributed by atoms with Gasteiger partial charge in [0.2, 0.25) is 9.84 Å². The second-order valence-electron chi connectivity index (χ2n) is 4.66. The fourth-order valence-electron chi connectivity index (χ4n) is 1.83. The highest BCUT2D eigenvalue weighted by atomic mass is 32.2. The minimum absolute atomic E-state index is 0.287. The third-order valence-corrected chi connectivity index (χ3v) is 4.96. The van der Waals surface area contributed by atoms with Crippen LogP contribution in [0.4, 0.5) is 0 Å². The van der Waals surface area contributed by atoms with E-state index in [1.165, 1.54) is 6.33 Å². The van der Waals surface area contributed by atoms with E-state index < -0.39 is 21.8 Å². The molecule has 21 heavy (non-hydrogen) atoms. The minimum Gasteiger partial charge on any atom is -0.480 e. The number of imidazole rings is 1. The Morgan fingerprint density at radius 2 is 2.19 bits per heavy atom. The molecule has 2 aliphatic heterocycles. The maximum Gasteiger partial charge on any atom is 0.320 e. The Morgan fingerprint density at radius 1 is 1.48 bits per heavy atom. The molecule has 0 unspecified atom stereocenters. The number of aliphatic carboxylic acids is 1. The van der Waals surface area contributed by atoms with Crippen LogP contribution in [0.5, 0.6) is 0 Å². The zero-order valence-electron chi connectivity index (χ0n) is 11.3. The summed E-state index contributed by atoms with van der Waals surface area (Å²) in [5, 5.41) is 8.42. The first-order valence-corrected chi connectivity index (χ1v) is 7.62. The lowest BCUT2D eigenvalue weighted by Gasteiger charge is -2.16. The number of hydrogen-bond donors (Lipinski definition) is 3. The highest BCUT2D eigenvalue weighted by Crippen LogP contribution is 2.34. The van der Waals surface area contributed by atoms with Crippen molar-refractivity contribution in [1.82, 2.24) is 9.97 Å². The van der Waals surface area contributed by atoms with Gasteiger partial charge in [-0.1, -0.05) is 6.07 Å². The van der Waals surface area contributed by atoms with Crippen molar-refractivity contribution in [2.45, 2.75) is 29.2 Å². The van der Waals surface area contributed by atoms with Crippen molar-refractivity contribution < 1.29 is 18.3 Å². The molecule has 8 heteroatoms. The van der Waals surface area contributed by atoms with E-state index in [4.69, 9.17) is 10.8 Å². The average Bonchev–Trinajstić information content (AvgIpc) is 2.91. The van der Waals surface area contributed by atoms with Crippen LogP contribution in [-0.4, -0.2) is 35.5 Å². The summed E-state index contributed by atoms with van der Waals surface area (Å²) in [6.45, 7) is 1.80. The number of nitrogens with one attached hydrogen (secondary N) is 1. The van der Waals surface area contributed by atoms with Gasteiger partial charge in [0.05, 0.1) is 16.1 Å². The molecule has 7 nitrogen and oxygen atoms in total. The van der Waals surface area contributed by atoms with Gasteiger partial charge in [-0.2, -0.15) is 0 Å². The van der Waals surface area contributed by atoms with Crippen molar-refractivity contribution >= 4 is 15.8 Å². The van der Waals surface area contributed by atoms with Gasteiger partial charge in [0.1, 0.15) is 6.04 Å². The van der Waals surface area contributed by atoms with E-state index >= 15 is 0 Å². The topological polar surface area (TPSA) is 126 Å². The fourth-order valence-corrected chi connectivity index (χ4v) is 3.19. The van der Waals surface area contributed by atoms with Crippen LogP contribution in [0.25, 0.3) is 0 Å². The standard InChI is InChI=1S/C7H6O2S.C6H9N3O2/c1-5-2-3-6-4-7(5)10(6,8)9;7-5(6(10)11)1-4-2-8-3-9-4/h2-4H,1H3;2-3,5H,1,7H2,(H,8,9)(H,10,11)/t;5-/m.0/s1. The Hall–Kier alpha value is -2.19. The molecule has 0 radical (unpaired) electrons. The van der Waals surface area contributed by atoms with Crippen LogP contribution in [-0.2, 0) is 21.1 Å². The normalized spacial score (nSPS) is 15.3. The van der Waals surface area contributed by atoms with Gasteiger partial charge in [0.15, 0.2) is 0 Å². The highest BCUT2D eigenvalue weighted by Gasteiger charge is 2.29. The number of carboxylic acid groups (broad SMARTS) is 1. The molecule has 2 bridgehead atoms. The largest absolute Gasteiger partial charge is 0.480 e. The third-order valence-electron chi connectivity index (χ3n) is 3.07. The van der Waals surface area contributed by atoms with E-state index in [1.807, 2.05) is 6.07 Å². The number of carbonyl (C=O) groups is 1. The summed E-state index contributed by atoms with van der Waals surface area (Å²) >= 11 is 0. The molecule has 112 valence electrons. The zero-order valence-corrected chi connectivity index (χ0v) is 12.1. The second-order valence-corrected chi connectivity index (χ2v) is 6.57. The van der Waals surface area contributed by atoms with Gasteiger partial charge in [-0.15, -0.1) is 0 Å². The maximum absolute atomic E-state index is 11.1. The van der Waals surface area contributed by atoms with E-state index in [0.29, 0.717) is 9.79 Å². The van der Waals surface area contributed by atoms with Crippen molar-refractivity contribution in [3.05, 3.63) is 42.0 Å². The molecule has 0 spiro atoms. The van der Waals surface area contributed by atoms with Gasteiger partial charge in [0.25, 0.3) is 0 Å². The monoisotopic (exact) mass is 309 g/mol. The van der Waals surface area contributed by atoms with Crippen molar-refractivity contribution in [3.8, 4) is 0 Å². The third kappa shape index (κ3) is 3.11. The highest BCUT2D eigenvalue weighted by molar-refractivity contribution is 7.92. The average molecular weight is 309 g/mol. The molecular weight excluding hydrogens is 294 g/mol. The summed E-state index contributed by atoms with van der Waals surface area (Å²) in [6.07, 6.45) is 3.34. The Labute approximate surface area is 121 Å². The molecule has 2 aliphatic rings. The molecule has 1 aromatic heterocycles. The Bertz CT molecular complexity index is 750. The Morgan fingerprint density at radius 3 is 2.57 bits per heavy atom. The lowest BCUT2D eigenvalue weighted by Crippen LogP contribution is -2.32. The van der Waals surface area contributed by atoms with Gasteiger partial charge in [0, 0.05) is 18.3 Å². The number of aryl methyl sites for hydroxylation is 1. The summed E-state index contributed by atoms with van der Waals surface area (Å²) < 4.78 is 22.1. The predicted octanol–water partition coefficient (Wildman–Crippen LogP) is 0.505. The number of carboxylic acids is 1. The molecule has 0 fully saturated rings. The first-order chi connectivity index (χ1) is 9.82. The molecule has 0 amide bonds. The number of nitrogens with two attached hydrogens (primary N) is 1. The van der Waals surface area contributed by atoms with Crippen LogP contribution in [0.3, 0.4) is 0 Å². The van der Waals surface area contributed by atoms with Crippen LogP contribution in [0.15, 0.2) is 40.5 Å². The van der Waals surface area contributed by atoms with Gasteiger partial charge in [-0.3, -0.25) is 4.79 Å². The first-order valence-electron chi connectivity index (χ1n) is 6.13. The number of sulfone groups is 1. The van der Waals surface area contributed by atoms with Crippen molar-refractivity contribution in [2.24, 2.45) is 5.73 Å². The van der Waals surface area contributed by atoms with Gasteiger partial charge in [-0.25, -0.2) is 13.4 Å². The molecular formula is C13H15N3O4S. The van der Waals surface area contributed by atoms with Crippen LogP contribution in [0.1, 0.15) is 11.3 Å². The van der Waals surface area contributed by atoms with Crippen LogP contribution in [0.2, 0.25) is 0 Å². The number of fused-ring (bicyclic) bond motifs is 2. The molecule has 3 heterocycles. The van der Waals surface area contributed by atoms with Crippen molar-refractivity contribution in [2.75, 3.05) is 0 Å². The number of H-pyrrole nitrogens is 1. The molecule has 1 aromatic carbocycles. The fraction of sp³-hybridized carbons (Fsp3) is 0.231. The quantitative estimate of drug-likeness (QED) is 0.647. The smallest absolute Gasteiger partial charge is 0.320 e. The minimum atomic E-state index is -2.96. The molecule has 0 saturated carbocycles. The predicted molar refractivity (Wildman–Crippen MR) is 74.5 cm³/mol. The van der Waals surface area contributed by atoms with Crippen LogP contribution < -0.4 is 5.73 Å². The summed E-state index contributed by atoms with van der Waals surface area (Å²) in [5.74, 6) is -1.00. The van der Waals surface area contributed by atoms with Crippen molar-refractivity contribution in [3.63, 3.8) is 0 Å².